The van der Waals surface area contributed by atoms with E-state index in [4.69, 9.17) is 13.7 Å². The highest BCUT2D eigenvalue weighted by Crippen LogP contribution is 2.29. The molecule has 2 N–H and O–H groups in total. The third kappa shape index (κ3) is 3.60. The molecule has 11 heteroatoms. The number of nitrogens with one attached hydrogen (secondary N) is 2. The molecule has 0 bridgehead atoms. The summed E-state index contributed by atoms with van der Waals surface area (Å²) in [5.41, 5.74) is 0.650. The summed E-state index contributed by atoms with van der Waals surface area (Å²) in [6, 6.07) is 6.90. The highest BCUT2D eigenvalue weighted by Gasteiger charge is 2.36. The number of aromatic nitrogens is 3. The Balaban J connectivity index is 1.82. The van der Waals surface area contributed by atoms with Gasteiger partial charge in [-0.1, -0.05) is 11.2 Å². The van der Waals surface area contributed by atoms with Crippen molar-refractivity contribution in [3.63, 3.8) is 0 Å². The zero-order valence-electron chi connectivity index (χ0n) is 15.8. The van der Waals surface area contributed by atoms with Crippen LogP contribution in [0.2, 0.25) is 0 Å². The van der Waals surface area contributed by atoms with Gasteiger partial charge < -0.3 is 19.8 Å². The number of allylic oxidation sites excluding steroid dienone is 1. The molecular weight excluding hydrogens is 394 g/mol. The first-order valence-corrected chi connectivity index (χ1v) is 9.07. The number of ether oxygens (including phenoxy) is 1. The van der Waals surface area contributed by atoms with Crippen LogP contribution in [0.3, 0.4) is 0 Å². The van der Waals surface area contributed by atoms with Gasteiger partial charge in [0.05, 0.1) is 30.7 Å². The number of carbonyl (C=O) groups excluding carboxylic acids is 2. The van der Waals surface area contributed by atoms with Crippen molar-refractivity contribution >= 4 is 12.0 Å². The molecule has 4 rings (SSSR count). The quantitative estimate of drug-likeness (QED) is 0.579. The summed E-state index contributed by atoms with van der Waals surface area (Å²) < 4.78 is 16.5. The van der Waals surface area contributed by atoms with Gasteiger partial charge in [0.2, 0.25) is 5.82 Å². The van der Waals surface area contributed by atoms with Gasteiger partial charge >= 0.3 is 17.8 Å². The number of hydrogen-bond donors (Lipinski definition) is 2. The van der Waals surface area contributed by atoms with E-state index in [9.17, 15) is 14.4 Å². The molecule has 4 heterocycles. The van der Waals surface area contributed by atoms with Crippen LogP contribution in [-0.4, -0.2) is 33.3 Å². The fourth-order valence-electron chi connectivity index (χ4n) is 3.11. The maximum atomic E-state index is 12.7. The summed E-state index contributed by atoms with van der Waals surface area (Å²) in [6.45, 7) is 1.59. The SMILES string of the molecule is CCOC(=O)C1=C(Cn2c(-c3ccccn3)noc2=O)NC(=O)NC1c1ccco1. The van der Waals surface area contributed by atoms with Crippen molar-refractivity contribution in [1.29, 1.82) is 0 Å². The summed E-state index contributed by atoms with van der Waals surface area (Å²) in [6.07, 6.45) is 2.97. The minimum atomic E-state index is -0.892. The molecule has 0 saturated heterocycles. The Labute approximate surface area is 169 Å². The molecule has 0 aromatic carbocycles. The van der Waals surface area contributed by atoms with Crippen molar-refractivity contribution < 1.29 is 23.3 Å². The summed E-state index contributed by atoms with van der Waals surface area (Å²) in [5, 5.41) is 8.99. The topological polar surface area (TPSA) is 141 Å². The van der Waals surface area contributed by atoms with E-state index < -0.39 is 23.8 Å². The van der Waals surface area contributed by atoms with Crippen LogP contribution < -0.4 is 16.4 Å². The Morgan fingerprint density at radius 2 is 2.13 bits per heavy atom. The second kappa shape index (κ2) is 8.07. The van der Waals surface area contributed by atoms with E-state index in [1.54, 1.807) is 43.5 Å². The van der Waals surface area contributed by atoms with Crippen molar-refractivity contribution in [3.8, 4) is 11.5 Å². The van der Waals surface area contributed by atoms with Gasteiger partial charge in [0.25, 0.3) is 0 Å². The number of hydrogen-bond acceptors (Lipinski definition) is 8. The van der Waals surface area contributed by atoms with E-state index in [2.05, 4.69) is 20.8 Å². The minimum Gasteiger partial charge on any atom is -0.467 e. The van der Waals surface area contributed by atoms with Crippen LogP contribution in [0.25, 0.3) is 11.5 Å². The zero-order valence-corrected chi connectivity index (χ0v) is 15.8. The van der Waals surface area contributed by atoms with Gasteiger partial charge in [-0.2, -0.15) is 0 Å². The molecule has 0 saturated carbocycles. The summed E-state index contributed by atoms with van der Waals surface area (Å²) in [5.74, 6) is -0.939. The van der Waals surface area contributed by atoms with Crippen LogP contribution in [-0.2, 0) is 16.1 Å². The van der Waals surface area contributed by atoms with Gasteiger partial charge in [-0.25, -0.2) is 19.0 Å². The maximum absolute atomic E-state index is 12.7. The number of pyridine rings is 1. The Morgan fingerprint density at radius 1 is 1.27 bits per heavy atom. The maximum Gasteiger partial charge on any atom is 0.442 e. The largest absolute Gasteiger partial charge is 0.467 e. The number of rotatable bonds is 6. The first-order chi connectivity index (χ1) is 14.6. The molecule has 1 aliphatic heterocycles. The molecule has 1 unspecified atom stereocenters. The Morgan fingerprint density at radius 3 is 2.83 bits per heavy atom. The highest BCUT2D eigenvalue weighted by molar-refractivity contribution is 5.95. The minimum absolute atomic E-state index is 0.103. The average molecular weight is 411 g/mol. The first kappa shape index (κ1) is 19.2. The smallest absolute Gasteiger partial charge is 0.442 e. The normalized spacial score (nSPS) is 16.2. The molecule has 0 radical (unpaired) electrons. The third-order valence-electron chi connectivity index (χ3n) is 4.37. The second-order valence-corrected chi connectivity index (χ2v) is 6.23. The molecule has 1 aliphatic rings. The second-order valence-electron chi connectivity index (χ2n) is 6.23. The number of nitrogens with zero attached hydrogens (tertiary/aromatic N) is 3. The fourth-order valence-corrected chi connectivity index (χ4v) is 3.11. The summed E-state index contributed by atoms with van der Waals surface area (Å²) >= 11 is 0. The third-order valence-corrected chi connectivity index (χ3v) is 4.37. The molecule has 1 atom stereocenters. The van der Waals surface area contributed by atoms with E-state index in [0.717, 1.165) is 0 Å². The van der Waals surface area contributed by atoms with E-state index in [1.807, 2.05) is 0 Å². The molecule has 2 amide bonds. The van der Waals surface area contributed by atoms with Crippen molar-refractivity contribution in [2.24, 2.45) is 0 Å². The number of esters is 1. The highest BCUT2D eigenvalue weighted by atomic mass is 16.5. The van der Waals surface area contributed by atoms with Crippen LogP contribution in [0.4, 0.5) is 4.79 Å². The molecule has 11 nitrogen and oxygen atoms in total. The van der Waals surface area contributed by atoms with Gasteiger partial charge in [0.15, 0.2) is 0 Å². The Kier molecular flexibility index (Phi) is 5.16. The van der Waals surface area contributed by atoms with E-state index in [1.165, 1.54) is 10.8 Å². The van der Waals surface area contributed by atoms with Crippen LogP contribution in [0.15, 0.2) is 67.8 Å². The monoisotopic (exact) mass is 411 g/mol. The van der Waals surface area contributed by atoms with Gasteiger partial charge in [-0.3, -0.25) is 9.51 Å². The molecule has 0 aliphatic carbocycles. The van der Waals surface area contributed by atoms with Crippen molar-refractivity contribution in [1.82, 2.24) is 25.3 Å². The lowest BCUT2D eigenvalue weighted by atomic mass is 10.00. The van der Waals surface area contributed by atoms with E-state index in [0.29, 0.717) is 11.5 Å². The summed E-state index contributed by atoms with van der Waals surface area (Å²) in [7, 11) is 0. The molecule has 0 spiro atoms. The lowest BCUT2D eigenvalue weighted by Gasteiger charge is -2.27. The molecule has 3 aromatic heterocycles. The van der Waals surface area contributed by atoms with Crippen LogP contribution in [0, 0.1) is 0 Å². The molecule has 30 heavy (non-hydrogen) atoms. The lowest BCUT2D eigenvalue weighted by Crippen LogP contribution is -2.47. The van der Waals surface area contributed by atoms with E-state index >= 15 is 0 Å². The van der Waals surface area contributed by atoms with Gasteiger partial charge in [0, 0.05) is 6.20 Å². The number of urea groups is 1. The predicted octanol–water partition coefficient (Wildman–Crippen LogP) is 1.36. The summed E-state index contributed by atoms with van der Waals surface area (Å²) in [4.78, 5) is 41.5. The number of furan rings is 1. The van der Waals surface area contributed by atoms with Gasteiger partial charge in [0.1, 0.15) is 17.5 Å². The standard InChI is InChI=1S/C19H17N5O6/c1-2-28-17(25)14-12(21-18(26)22-15(14)13-7-5-9-29-13)10-24-16(23-30-19(24)27)11-6-3-4-8-20-11/h3-9,15H,2,10H2,1H3,(H2,21,22,26). The number of amides is 2. The molecule has 0 fully saturated rings. The van der Waals surface area contributed by atoms with E-state index in [-0.39, 0.29) is 30.2 Å². The van der Waals surface area contributed by atoms with Gasteiger partial charge in [-0.15, -0.1) is 0 Å². The van der Waals surface area contributed by atoms with Crippen LogP contribution in [0.1, 0.15) is 18.7 Å². The molecule has 3 aromatic rings. The zero-order chi connectivity index (χ0) is 21.1. The van der Waals surface area contributed by atoms with Crippen molar-refractivity contribution in [3.05, 3.63) is 70.4 Å². The van der Waals surface area contributed by atoms with Crippen molar-refractivity contribution in [2.45, 2.75) is 19.5 Å². The van der Waals surface area contributed by atoms with Crippen LogP contribution >= 0.6 is 0 Å². The fraction of sp³-hybridized carbons (Fsp3) is 0.211. The Hall–Kier alpha value is -4.15. The average Bonchev–Trinajstić information content (AvgIpc) is 3.39. The van der Waals surface area contributed by atoms with Crippen LogP contribution in [0.5, 0.6) is 0 Å². The Bertz CT molecular complexity index is 1150. The molecule has 154 valence electrons. The van der Waals surface area contributed by atoms with Crippen molar-refractivity contribution in [2.75, 3.05) is 6.61 Å². The first-order valence-electron chi connectivity index (χ1n) is 9.07. The predicted molar refractivity (Wildman–Crippen MR) is 101 cm³/mol. The molecular formula is C19H17N5O6. The number of carbonyl (C=O) groups is 2. The lowest BCUT2D eigenvalue weighted by molar-refractivity contribution is -0.139. The van der Waals surface area contributed by atoms with Gasteiger partial charge in [-0.05, 0) is 31.2 Å².